The Hall–Kier alpha value is -1.78. The molecular weight excluding hydrogens is 398 g/mol. The Morgan fingerprint density at radius 1 is 1.12 bits per heavy atom. The minimum atomic E-state index is -3.61. The molecular formula is C14H16BrN5O3S. The fourth-order valence-corrected chi connectivity index (χ4v) is 4.30. The molecule has 0 spiro atoms. The number of rotatable bonds is 3. The van der Waals surface area contributed by atoms with E-state index in [-0.39, 0.29) is 17.5 Å². The number of hydrogen-bond donors (Lipinski definition) is 1. The van der Waals surface area contributed by atoms with Crippen LogP contribution in [0.5, 0.6) is 0 Å². The summed E-state index contributed by atoms with van der Waals surface area (Å²) in [6.45, 7) is 1.44. The lowest BCUT2D eigenvalue weighted by Gasteiger charge is -2.21. The maximum Gasteiger partial charge on any atom is 0.260 e. The molecule has 1 N–H and O–H groups in total. The number of aromatic amines is 1. The second-order valence-electron chi connectivity index (χ2n) is 5.36. The summed E-state index contributed by atoms with van der Waals surface area (Å²) in [7, 11) is -3.61. The predicted molar refractivity (Wildman–Crippen MR) is 89.8 cm³/mol. The molecule has 0 radical (unpaired) electrons. The predicted octanol–water partition coefficient (Wildman–Crippen LogP) is 1.10. The van der Waals surface area contributed by atoms with Crippen LogP contribution in [0.4, 0.5) is 0 Å². The number of pyridine rings is 1. The molecule has 0 aromatic carbocycles. The maximum atomic E-state index is 12.6. The summed E-state index contributed by atoms with van der Waals surface area (Å²) in [5.41, 5.74) is 0.481. The highest BCUT2D eigenvalue weighted by Gasteiger charge is 2.29. The molecule has 0 aliphatic carbocycles. The Kier molecular flexibility index (Phi) is 4.97. The summed E-state index contributed by atoms with van der Waals surface area (Å²) >= 11 is 3.30. The first-order chi connectivity index (χ1) is 11.5. The van der Waals surface area contributed by atoms with Crippen LogP contribution in [0.25, 0.3) is 0 Å². The summed E-state index contributed by atoms with van der Waals surface area (Å²) in [5.74, 6) is -0.149. The van der Waals surface area contributed by atoms with Crippen molar-refractivity contribution in [1.29, 1.82) is 0 Å². The average molecular weight is 414 g/mol. The van der Waals surface area contributed by atoms with Crippen LogP contribution in [0.15, 0.2) is 40.5 Å². The Morgan fingerprint density at radius 3 is 2.67 bits per heavy atom. The van der Waals surface area contributed by atoms with E-state index in [0.717, 1.165) is 4.47 Å². The van der Waals surface area contributed by atoms with Crippen molar-refractivity contribution in [2.75, 3.05) is 26.2 Å². The van der Waals surface area contributed by atoms with Gasteiger partial charge in [0.25, 0.3) is 15.9 Å². The van der Waals surface area contributed by atoms with Crippen molar-refractivity contribution < 1.29 is 13.2 Å². The summed E-state index contributed by atoms with van der Waals surface area (Å²) in [6, 6.07) is 1.71. The summed E-state index contributed by atoms with van der Waals surface area (Å²) in [6.07, 6.45) is 6.31. The van der Waals surface area contributed by atoms with Crippen molar-refractivity contribution in [1.82, 2.24) is 24.2 Å². The number of amides is 1. The van der Waals surface area contributed by atoms with Gasteiger partial charge in [0.1, 0.15) is 0 Å². The third kappa shape index (κ3) is 3.50. The number of aromatic nitrogens is 3. The highest BCUT2D eigenvalue weighted by molar-refractivity contribution is 9.10. The Bertz CT molecular complexity index is 825. The van der Waals surface area contributed by atoms with E-state index < -0.39 is 10.0 Å². The third-order valence-electron chi connectivity index (χ3n) is 3.78. The van der Waals surface area contributed by atoms with Crippen LogP contribution in [0, 0.1) is 0 Å². The van der Waals surface area contributed by atoms with Crippen LogP contribution in [-0.2, 0) is 10.0 Å². The van der Waals surface area contributed by atoms with E-state index in [1.807, 2.05) is 0 Å². The van der Waals surface area contributed by atoms with Crippen LogP contribution in [0.3, 0.4) is 0 Å². The van der Waals surface area contributed by atoms with Gasteiger partial charge < -0.3 is 9.88 Å². The number of sulfonamides is 1. The highest BCUT2D eigenvalue weighted by Crippen LogP contribution is 2.17. The number of nitrogens with zero attached hydrogens (tertiary/aromatic N) is 4. The van der Waals surface area contributed by atoms with E-state index in [4.69, 9.17) is 0 Å². The lowest BCUT2D eigenvalue weighted by Crippen LogP contribution is -2.37. The van der Waals surface area contributed by atoms with Crippen molar-refractivity contribution in [2.24, 2.45) is 0 Å². The van der Waals surface area contributed by atoms with E-state index in [1.54, 1.807) is 17.2 Å². The van der Waals surface area contributed by atoms with Crippen molar-refractivity contribution in [3.63, 3.8) is 0 Å². The van der Waals surface area contributed by atoms with Crippen molar-refractivity contribution in [3.8, 4) is 0 Å². The molecule has 0 bridgehead atoms. The van der Waals surface area contributed by atoms with E-state index in [9.17, 15) is 13.2 Å². The number of carbonyl (C=O) groups excluding carboxylic acids is 1. The van der Waals surface area contributed by atoms with Crippen LogP contribution >= 0.6 is 15.9 Å². The van der Waals surface area contributed by atoms with Gasteiger partial charge in [0.05, 0.1) is 18.1 Å². The Labute approximate surface area is 148 Å². The number of halogens is 1. The van der Waals surface area contributed by atoms with Crippen LogP contribution < -0.4 is 0 Å². The molecule has 3 heterocycles. The number of carbonyl (C=O) groups is 1. The minimum absolute atomic E-state index is 0.0680. The molecule has 3 rings (SSSR count). The Balaban J connectivity index is 1.73. The smallest absolute Gasteiger partial charge is 0.260 e. The normalized spacial score (nSPS) is 16.8. The second-order valence-corrected chi connectivity index (χ2v) is 8.18. The molecule has 0 saturated carbocycles. The van der Waals surface area contributed by atoms with E-state index in [1.165, 1.54) is 23.0 Å². The zero-order valence-corrected chi connectivity index (χ0v) is 15.1. The molecule has 10 heteroatoms. The quantitative estimate of drug-likeness (QED) is 0.811. The van der Waals surface area contributed by atoms with Gasteiger partial charge in [-0.25, -0.2) is 13.4 Å². The number of H-pyrrole nitrogens is 1. The fourth-order valence-electron chi connectivity index (χ4n) is 2.57. The molecule has 128 valence electrons. The van der Waals surface area contributed by atoms with Gasteiger partial charge in [0, 0.05) is 43.0 Å². The second kappa shape index (κ2) is 6.99. The number of nitrogens with one attached hydrogen (secondary N) is 1. The molecule has 0 unspecified atom stereocenters. The van der Waals surface area contributed by atoms with E-state index in [0.29, 0.717) is 31.6 Å². The lowest BCUT2D eigenvalue weighted by atomic mass is 10.2. The van der Waals surface area contributed by atoms with Crippen LogP contribution in [0.2, 0.25) is 0 Å². The van der Waals surface area contributed by atoms with Gasteiger partial charge in [-0.1, -0.05) is 0 Å². The zero-order chi connectivity index (χ0) is 17.2. The van der Waals surface area contributed by atoms with Crippen LogP contribution in [-0.4, -0.2) is 64.7 Å². The van der Waals surface area contributed by atoms with E-state index >= 15 is 0 Å². The molecule has 1 fully saturated rings. The first kappa shape index (κ1) is 17.1. The SMILES string of the molecule is O=C(c1cncc(Br)c1)N1CCCN(S(=O)(=O)c2cnc[nH]2)CC1. The number of hydrogen-bond acceptors (Lipinski definition) is 5. The summed E-state index contributed by atoms with van der Waals surface area (Å²) in [5, 5.41) is 0.0680. The lowest BCUT2D eigenvalue weighted by molar-refractivity contribution is 0.0763. The molecule has 0 atom stereocenters. The Morgan fingerprint density at radius 2 is 1.96 bits per heavy atom. The molecule has 1 amide bonds. The molecule has 1 aliphatic rings. The maximum absolute atomic E-state index is 12.6. The van der Waals surface area contributed by atoms with Crippen LogP contribution in [0.1, 0.15) is 16.8 Å². The summed E-state index contributed by atoms with van der Waals surface area (Å²) < 4.78 is 27.2. The highest BCUT2D eigenvalue weighted by atomic mass is 79.9. The zero-order valence-electron chi connectivity index (χ0n) is 12.7. The average Bonchev–Trinajstić information content (AvgIpc) is 2.99. The van der Waals surface area contributed by atoms with Gasteiger partial charge in [-0.3, -0.25) is 9.78 Å². The fraction of sp³-hybridized carbons (Fsp3) is 0.357. The van der Waals surface area contributed by atoms with Crippen molar-refractivity contribution in [2.45, 2.75) is 11.4 Å². The first-order valence-corrected chi connectivity index (χ1v) is 9.60. The van der Waals surface area contributed by atoms with E-state index in [2.05, 4.69) is 30.9 Å². The molecule has 24 heavy (non-hydrogen) atoms. The van der Waals surface area contributed by atoms with Gasteiger partial charge in [0.15, 0.2) is 5.03 Å². The van der Waals surface area contributed by atoms with Gasteiger partial charge in [-0.15, -0.1) is 0 Å². The molecule has 8 nitrogen and oxygen atoms in total. The van der Waals surface area contributed by atoms with Gasteiger partial charge in [-0.2, -0.15) is 4.31 Å². The minimum Gasteiger partial charge on any atom is -0.337 e. The standard InChI is InChI=1S/C14H16BrN5O3S/c15-12-6-11(7-16-8-12)14(21)19-2-1-3-20(5-4-19)24(22,23)13-9-17-10-18-13/h6-10H,1-5H2,(H,17,18). The third-order valence-corrected chi connectivity index (χ3v) is 6.04. The molecule has 1 aliphatic heterocycles. The largest absolute Gasteiger partial charge is 0.337 e. The monoisotopic (exact) mass is 413 g/mol. The molecule has 2 aromatic rings. The van der Waals surface area contributed by atoms with Crippen molar-refractivity contribution in [3.05, 3.63) is 41.0 Å². The van der Waals surface area contributed by atoms with Crippen molar-refractivity contribution >= 4 is 31.9 Å². The van der Waals surface area contributed by atoms with Gasteiger partial charge in [-0.05, 0) is 28.4 Å². The van der Waals surface area contributed by atoms with Gasteiger partial charge in [0.2, 0.25) is 0 Å². The topological polar surface area (TPSA) is 99.3 Å². The molecule has 1 saturated heterocycles. The summed E-state index contributed by atoms with van der Waals surface area (Å²) in [4.78, 5) is 24.6. The van der Waals surface area contributed by atoms with Gasteiger partial charge >= 0.3 is 0 Å². The molecule has 2 aromatic heterocycles. The first-order valence-electron chi connectivity index (χ1n) is 7.37. The number of imidazole rings is 1.